The van der Waals surface area contributed by atoms with Gasteiger partial charge in [-0.15, -0.1) is 0 Å². The van der Waals surface area contributed by atoms with Gasteiger partial charge in [0.15, 0.2) is 0 Å². The standard InChI is InChI=1S/C11H11N.C3H7N/c1-3-10-8(2)9-6-4-5-7-11(9)12-10;1-2-3-4/h3-7,12H,2H2,1H3;2-3H,4H2,1H3/b10-3+;3-2+. The molecule has 0 radical (unpaired) electrons. The van der Waals surface area contributed by atoms with Gasteiger partial charge in [-0.25, -0.2) is 0 Å². The lowest BCUT2D eigenvalue weighted by molar-refractivity contribution is 1.35. The SMILES string of the molecule is C/C=C/N.C=c1/c(=C\C)[nH]c2ccccc12. The number of nitrogens with one attached hydrogen (secondary N) is 1. The van der Waals surface area contributed by atoms with E-state index in [1.165, 1.54) is 11.6 Å². The molecule has 16 heavy (non-hydrogen) atoms. The molecular formula is C14H18N2. The molecular weight excluding hydrogens is 196 g/mol. The molecule has 0 saturated heterocycles. The summed E-state index contributed by atoms with van der Waals surface area (Å²) < 4.78 is 0. The van der Waals surface area contributed by atoms with Crippen LogP contribution in [-0.4, -0.2) is 4.98 Å². The molecule has 3 N–H and O–H groups in total. The summed E-state index contributed by atoms with van der Waals surface area (Å²) in [5.41, 5.74) is 6.01. The van der Waals surface area contributed by atoms with Crippen LogP contribution in [0.3, 0.4) is 0 Å². The number of H-pyrrole nitrogens is 1. The number of allylic oxidation sites excluding steroid dienone is 1. The van der Waals surface area contributed by atoms with Crippen LogP contribution in [0, 0.1) is 0 Å². The summed E-state index contributed by atoms with van der Waals surface area (Å²) in [6.07, 6.45) is 5.32. The van der Waals surface area contributed by atoms with E-state index in [1.807, 2.05) is 32.1 Å². The van der Waals surface area contributed by atoms with Gasteiger partial charge in [0.05, 0.1) is 0 Å². The van der Waals surface area contributed by atoms with Crippen molar-refractivity contribution in [2.75, 3.05) is 0 Å². The van der Waals surface area contributed by atoms with Gasteiger partial charge in [0.25, 0.3) is 0 Å². The Balaban J connectivity index is 0.000000280. The van der Waals surface area contributed by atoms with Gasteiger partial charge in [0.2, 0.25) is 0 Å². The van der Waals surface area contributed by atoms with Gasteiger partial charge in [0.1, 0.15) is 0 Å². The van der Waals surface area contributed by atoms with Crippen LogP contribution in [0.4, 0.5) is 0 Å². The van der Waals surface area contributed by atoms with Crippen LogP contribution in [0.25, 0.3) is 23.6 Å². The Kier molecular flexibility index (Phi) is 4.40. The van der Waals surface area contributed by atoms with Crippen LogP contribution in [0.2, 0.25) is 0 Å². The number of para-hydroxylation sites is 1. The second kappa shape index (κ2) is 5.81. The highest BCUT2D eigenvalue weighted by Gasteiger charge is 1.94. The van der Waals surface area contributed by atoms with Crippen molar-refractivity contribution in [1.82, 2.24) is 4.98 Å². The van der Waals surface area contributed by atoms with Crippen molar-refractivity contribution in [3.63, 3.8) is 0 Å². The van der Waals surface area contributed by atoms with Crippen molar-refractivity contribution in [1.29, 1.82) is 0 Å². The van der Waals surface area contributed by atoms with Gasteiger partial charge in [-0.05, 0) is 31.3 Å². The molecule has 2 nitrogen and oxygen atoms in total. The van der Waals surface area contributed by atoms with Crippen molar-refractivity contribution in [3.8, 4) is 0 Å². The smallest absolute Gasteiger partial charge is 0.0464 e. The number of aromatic nitrogens is 1. The van der Waals surface area contributed by atoms with E-state index in [1.54, 1.807) is 6.08 Å². The summed E-state index contributed by atoms with van der Waals surface area (Å²) in [5.74, 6) is 0. The molecule has 0 spiro atoms. The molecule has 1 aromatic heterocycles. The van der Waals surface area contributed by atoms with Crippen LogP contribution in [0.5, 0.6) is 0 Å². The van der Waals surface area contributed by atoms with E-state index in [4.69, 9.17) is 5.73 Å². The normalized spacial score (nSPS) is 11.8. The molecule has 0 fully saturated rings. The molecule has 2 heteroatoms. The maximum atomic E-state index is 4.85. The molecule has 0 aliphatic carbocycles. The van der Waals surface area contributed by atoms with E-state index < -0.39 is 0 Å². The lowest BCUT2D eigenvalue weighted by Crippen LogP contribution is -2.19. The highest BCUT2D eigenvalue weighted by atomic mass is 14.7. The maximum absolute atomic E-state index is 4.85. The van der Waals surface area contributed by atoms with Gasteiger partial charge in [-0.1, -0.05) is 36.9 Å². The van der Waals surface area contributed by atoms with Crippen molar-refractivity contribution in [3.05, 3.63) is 47.1 Å². The quantitative estimate of drug-likeness (QED) is 0.690. The van der Waals surface area contributed by atoms with Gasteiger partial charge < -0.3 is 10.7 Å². The average Bonchev–Trinajstić information content (AvgIpc) is 2.67. The summed E-state index contributed by atoms with van der Waals surface area (Å²) in [6.45, 7) is 7.91. The van der Waals surface area contributed by atoms with E-state index in [0.717, 1.165) is 16.1 Å². The Bertz CT molecular complexity index is 572. The number of aromatic amines is 1. The summed E-state index contributed by atoms with van der Waals surface area (Å²) in [7, 11) is 0. The summed E-state index contributed by atoms with van der Waals surface area (Å²) in [6, 6.07) is 8.21. The van der Waals surface area contributed by atoms with E-state index in [0.29, 0.717) is 0 Å². The van der Waals surface area contributed by atoms with E-state index in [2.05, 4.69) is 23.7 Å². The van der Waals surface area contributed by atoms with Crippen LogP contribution in [-0.2, 0) is 0 Å². The minimum Gasteiger partial charge on any atom is -0.405 e. The third-order valence-corrected chi connectivity index (χ3v) is 2.33. The van der Waals surface area contributed by atoms with Crippen LogP contribution in [0.15, 0.2) is 36.5 Å². The van der Waals surface area contributed by atoms with Crippen molar-refractivity contribution >= 4 is 23.6 Å². The predicted octanol–water partition coefficient (Wildman–Crippen LogP) is 1.86. The van der Waals surface area contributed by atoms with Gasteiger partial charge in [-0.2, -0.15) is 0 Å². The topological polar surface area (TPSA) is 41.8 Å². The molecule has 0 saturated carbocycles. The second-order valence-corrected chi connectivity index (χ2v) is 3.38. The zero-order valence-electron chi connectivity index (χ0n) is 9.83. The Morgan fingerprint density at radius 1 is 1.25 bits per heavy atom. The van der Waals surface area contributed by atoms with Crippen molar-refractivity contribution in [2.45, 2.75) is 13.8 Å². The van der Waals surface area contributed by atoms with Gasteiger partial charge in [-0.3, -0.25) is 0 Å². The molecule has 1 heterocycles. The summed E-state index contributed by atoms with van der Waals surface area (Å²) in [4.78, 5) is 3.30. The molecule has 1 aromatic carbocycles. The average molecular weight is 214 g/mol. The van der Waals surface area contributed by atoms with Crippen LogP contribution < -0.4 is 16.3 Å². The molecule has 2 aromatic rings. The first kappa shape index (κ1) is 12.1. The Morgan fingerprint density at radius 3 is 2.38 bits per heavy atom. The number of hydrogen-bond acceptors (Lipinski definition) is 1. The number of nitrogens with two attached hydrogens (primary N) is 1. The monoisotopic (exact) mass is 214 g/mol. The molecule has 0 aliphatic heterocycles. The third-order valence-electron chi connectivity index (χ3n) is 2.33. The molecule has 0 atom stereocenters. The summed E-state index contributed by atoms with van der Waals surface area (Å²) in [5, 5.41) is 3.43. The van der Waals surface area contributed by atoms with Crippen molar-refractivity contribution in [2.24, 2.45) is 5.73 Å². The molecule has 0 amide bonds. The largest absolute Gasteiger partial charge is 0.405 e. The molecule has 0 bridgehead atoms. The molecule has 0 aliphatic rings. The van der Waals surface area contributed by atoms with Crippen molar-refractivity contribution < 1.29 is 0 Å². The molecule has 2 rings (SSSR count). The first-order valence-corrected chi connectivity index (χ1v) is 5.29. The second-order valence-electron chi connectivity index (χ2n) is 3.38. The Morgan fingerprint density at radius 2 is 1.88 bits per heavy atom. The Hall–Kier alpha value is -1.96. The predicted molar refractivity (Wildman–Crippen MR) is 72.2 cm³/mol. The zero-order chi connectivity index (χ0) is 12.0. The minimum absolute atomic E-state index is 1.09. The van der Waals surface area contributed by atoms with Gasteiger partial charge >= 0.3 is 0 Å². The van der Waals surface area contributed by atoms with Gasteiger partial charge in [0, 0.05) is 16.3 Å². The first-order valence-electron chi connectivity index (χ1n) is 5.29. The number of benzene rings is 1. The summed E-state index contributed by atoms with van der Waals surface area (Å²) >= 11 is 0. The Labute approximate surface area is 95.8 Å². The highest BCUT2D eigenvalue weighted by molar-refractivity contribution is 5.80. The van der Waals surface area contributed by atoms with E-state index in [9.17, 15) is 0 Å². The molecule has 0 unspecified atom stereocenters. The fourth-order valence-electron chi connectivity index (χ4n) is 1.47. The maximum Gasteiger partial charge on any atom is 0.0464 e. The van der Waals surface area contributed by atoms with Crippen LogP contribution >= 0.6 is 0 Å². The number of hydrogen-bond donors (Lipinski definition) is 2. The van der Waals surface area contributed by atoms with Crippen LogP contribution in [0.1, 0.15) is 13.8 Å². The third kappa shape index (κ3) is 2.54. The molecule has 84 valence electrons. The highest BCUT2D eigenvalue weighted by Crippen LogP contribution is 2.02. The van der Waals surface area contributed by atoms with E-state index >= 15 is 0 Å². The fraction of sp³-hybridized carbons (Fsp3) is 0.143. The lowest BCUT2D eigenvalue weighted by atomic mass is 10.2. The zero-order valence-corrected chi connectivity index (χ0v) is 9.83. The van der Waals surface area contributed by atoms with E-state index in [-0.39, 0.29) is 0 Å². The lowest BCUT2D eigenvalue weighted by Gasteiger charge is -1.84. The first-order chi connectivity index (χ1) is 7.74. The number of fused-ring (bicyclic) bond motifs is 1. The number of rotatable bonds is 0. The fourth-order valence-corrected chi connectivity index (χ4v) is 1.47. The minimum atomic E-state index is 1.09.